The molecule has 2 rings (SSSR count). The van der Waals surface area contributed by atoms with Gasteiger partial charge in [-0.15, -0.1) is 0 Å². The highest BCUT2D eigenvalue weighted by molar-refractivity contribution is 7.80. The van der Waals surface area contributed by atoms with Crippen molar-refractivity contribution in [2.45, 2.75) is 6.92 Å². The number of hydrogen-bond acceptors (Lipinski definition) is 2. The average Bonchev–Trinajstić information content (AvgIpc) is 2.45. The molecule has 0 radical (unpaired) electrons. The van der Waals surface area contributed by atoms with Crippen molar-refractivity contribution in [3.63, 3.8) is 0 Å². The molecule has 0 heterocycles. The molecule has 1 amide bonds. The average molecular weight is 354 g/mol. The van der Waals surface area contributed by atoms with Crippen LogP contribution in [0, 0.1) is 6.92 Å². The number of benzene rings is 2. The standard InChI is InChI=1S/C15H13Cl2N3OS/c1-9-3-2-4-11(7-9)18-15(22)20-19-14(21)12-6-5-10(16)8-13(12)17/h2-8H,1H3,(H,19,21)(H2,18,20,22). The molecule has 0 unspecified atom stereocenters. The van der Waals surface area contributed by atoms with E-state index in [0.29, 0.717) is 10.6 Å². The third-order valence-corrected chi connectivity index (χ3v) is 3.49. The quantitative estimate of drug-likeness (QED) is 0.565. The van der Waals surface area contributed by atoms with Crippen LogP contribution in [-0.4, -0.2) is 11.0 Å². The third kappa shape index (κ3) is 4.59. The van der Waals surface area contributed by atoms with E-state index in [1.807, 2.05) is 31.2 Å². The normalized spacial score (nSPS) is 9.95. The van der Waals surface area contributed by atoms with Gasteiger partial charge in [0, 0.05) is 10.7 Å². The molecule has 2 aromatic rings. The molecule has 0 bridgehead atoms. The van der Waals surface area contributed by atoms with Crippen LogP contribution in [0.15, 0.2) is 42.5 Å². The number of thiocarbonyl (C=S) groups is 1. The molecular formula is C15H13Cl2N3OS. The maximum Gasteiger partial charge on any atom is 0.271 e. The molecule has 0 aliphatic carbocycles. The first-order valence-electron chi connectivity index (χ1n) is 6.35. The van der Waals surface area contributed by atoms with Crippen LogP contribution >= 0.6 is 35.4 Å². The second kappa shape index (κ2) is 7.45. The first-order valence-corrected chi connectivity index (χ1v) is 7.51. The van der Waals surface area contributed by atoms with E-state index >= 15 is 0 Å². The van der Waals surface area contributed by atoms with Gasteiger partial charge in [0.25, 0.3) is 5.91 Å². The molecule has 7 heteroatoms. The molecule has 0 atom stereocenters. The smallest absolute Gasteiger partial charge is 0.271 e. The number of rotatable bonds is 2. The van der Waals surface area contributed by atoms with Gasteiger partial charge >= 0.3 is 0 Å². The van der Waals surface area contributed by atoms with E-state index in [1.54, 1.807) is 12.1 Å². The molecule has 2 aromatic carbocycles. The van der Waals surface area contributed by atoms with Gasteiger partial charge in [-0.2, -0.15) is 0 Å². The second-order valence-electron chi connectivity index (χ2n) is 4.53. The predicted octanol–water partition coefficient (Wildman–Crippen LogP) is 3.93. The lowest BCUT2D eigenvalue weighted by molar-refractivity contribution is 0.0944. The second-order valence-corrected chi connectivity index (χ2v) is 5.78. The van der Waals surface area contributed by atoms with Gasteiger partial charge < -0.3 is 5.32 Å². The zero-order chi connectivity index (χ0) is 16.1. The van der Waals surface area contributed by atoms with Gasteiger partial charge in [-0.1, -0.05) is 35.3 Å². The lowest BCUT2D eigenvalue weighted by atomic mass is 10.2. The van der Waals surface area contributed by atoms with Crippen LogP contribution in [0.3, 0.4) is 0 Å². The summed E-state index contributed by atoms with van der Waals surface area (Å²) in [6.45, 7) is 1.98. The van der Waals surface area contributed by atoms with Crippen molar-refractivity contribution in [1.29, 1.82) is 0 Å². The number of amides is 1. The first-order chi connectivity index (χ1) is 10.5. The Kier molecular flexibility index (Phi) is 5.60. The summed E-state index contributed by atoms with van der Waals surface area (Å²) >= 11 is 16.9. The molecule has 0 spiro atoms. The molecule has 0 aliphatic heterocycles. The first kappa shape index (κ1) is 16.5. The Morgan fingerprint density at radius 2 is 1.86 bits per heavy atom. The van der Waals surface area contributed by atoms with Crippen molar-refractivity contribution in [3.8, 4) is 0 Å². The summed E-state index contributed by atoms with van der Waals surface area (Å²) in [5, 5.41) is 3.96. The molecule has 4 nitrogen and oxygen atoms in total. The summed E-state index contributed by atoms with van der Waals surface area (Å²) in [6, 6.07) is 12.3. The lowest BCUT2D eigenvalue weighted by Gasteiger charge is -2.12. The Morgan fingerprint density at radius 3 is 2.55 bits per heavy atom. The monoisotopic (exact) mass is 353 g/mol. The summed E-state index contributed by atoms with van der Waals surface area (Å²) in [5.41, 5.74) is 7.33. The van der Waals surface area contributed by atoms with Crippen LogP contribution in [0.4, 0.5) is 5.69 Å². The number of carbonyl (C=O) groups is 1. The number of aryl methyl sites for hydroxylation is 1. The maximum atomic E-state index is 12.0. The summed E-state index contributed by atoms with van der Waals surface area (Å²) in [7, 11) is 0. The minimum Gasteiger partial charge on any atom is -0.331 e. The van der Waals surface area contributed by atoms with Crippen molar-refractivity contribution in [2.24, 2.45) is 0 Å². The summed E-state index contributed by atoms with van der Waals surface area (Å²) in [5.74, 6) is -0.407. The fourth-order valence-corrected chi connectivity index (χ4v) is 2.40. The van der Waals surface area contributed by atoms with Crippen molar-refractivity contribution in [2.75, 3.05) is 5.32 Å². The number of carbonyl (C=O) groups excluding carboxylic acids is 1. The van der Waals surface area contributed by atoms with Gasteiger partial charge in [0.05, 0.1) is 10.6 Å². The van der Waals surface area contributed by atoms with Gasteiger partial charge in [0.1, 0.15) is 0 Å². The summed E-state index contributed by atoms with van der Waals surface area (Å²) in [4.78, 5) is 12.0. The Bertz CT molecular complexity index is 722. The van der Waals surface area contributed by atoms with E-state index in [0.717, 1.165) is 11.3 Å². The fraction of sp³-hybridized carbons (Fsp3) is 0.0667. The molecule has 114 valence electrons. The number of hydrogen-bond donors (Lipinski definition) is 3. The summed E-state index contributed by atoms with van der Waals surface area (Å²) < 4.78 is 0. The Morgan fingerprint density at radius 1 is 1.09 bits per heavy atom. The van der Waals surface area contributed by atoms with Gasteiger partial charge in [-0.25, -0.2) is 0 Å². The van der Waals surface area contributed by atoms with Crippen molar-refractivity contribution >= 4 is 52.1 Å². The van der Waals surface area contributed by atoms with Crippen molar-refractivity contribution < 1.29 is 4.79 Å². The van der Waals surface area contributed by atoms with Crippen LogP contribution in [0.25, 0.3) is 0 Å². The topological polar surface area (TPSA) is 53.2 Å². The van der Waals surface area contributed by atoms with Crippen LogP contribution in [0.2, 0.25) is 10.0 Å². The zero-order valence-electron chi connectivity index (χ0n) is 11.6. The SMILES string of the molecule is Cc1cccc(NC(=S)NNC(=O)c2ccc(Cl)cc2Cl)c1. The van der Waals surface area contributed by atoms with Gasteiger partial charge in [0.15, 0.2) is 5.11 Å². The molecule has 0 fully saturated rings. The number of nitrogens with one attached hydrogen (secondary N) is 3. The van der Waals surface area contributed by atoms with E-state index in [-0.39, 0.29) is 10.1 Å². The van der Waals surface area contributed by atoms with E-state index in [2.05, 4.69) is 16.2 Å². The van der Waals surface area contributed by atoms with Crippen LogP contribution in [0.5, 0.6) is 0 Å². The van der Waals surface area contributed by atoms with Crippen LogP contribution in [-0.2, 0) is 0 Å². The minimum atomic E-state index is -0.407. The molecule has 0 aliphatic rings. The Hall–Kier alpha value is -1.82. The highest BCUT2D eigenvalue weighted by Crippen LogP contribution is 2.20. The summed E-state index contributed by atoms with van der Waals surface area (Å²) in [6.07, 6.45) is 0. The maximum absolute atomic E-state index is 12.0. The van der Waals surface area contributed by atoms with Crippen molar-refractivity contribution in [1.82, 2.24) is 10.9 Å². The molecule has 0 saturated carbocycles. The van der Waals surface area contributed by atoms with E-state index in [4.69, 9.17) is 35.4 Å². The number of halogens is 2. The van der Waals surface area contributed by atoms with Gasteiger partial charge in [-0.3, -0.25) is 15.6 Å². The van der Waals surface area contributed by atoms with E-state index < -0.39 is 5.91 Å². The van der Waals surface area contributed by atoms with Crippen molar-refractivity contribution in [3.05, 3.63) is 63.6 Å². The molecule has 22 heavy (non-hydrogen) atoms. The number of hydrazine groups is 1. The highest BCUT2D eigenvalue weighted by atomic mass is 35.5. The molecule has 3 N–H and O–H groups in total. The van der Waals surface area contributed by atoms with Crippen LogP contribution < -0.4 is 16.2 Å². The Labute approximate surface area is 143 Å². The van der Waals surface area contributed by atoms with Gasteiger partial charge in [0.2, 0.25) is 0 Å². The third-order valence-electron chi connectivity index (χ3n) is 2.74. The highest BCUT2D eigenvalue weighted by Gasteiger charge is 2.10. The lowest BCUT2D eigenvalue weighted by Crippen LogP contribution is -2.43. The Balaban J connectivity index is 1.92. The fourth-order valence-electron chi connectivity index (χ4n) is 1.74. The largest absolute Gasteiger partial charge is 0.331 e. The van der Waals surface area contributed by atoms with E-state index in [1.165, 1.54) is 6.07 Å². The molecule has 0 aromatic heterocycles. The molecule has 0 saturated heterocycles. The van der Waals surface area contributed by atoms with Gasteiger partial charge in [-0.05, 0) is 55.0 Å². The van der Waals surface area contributed by atoms with Crippen LogP contribution in [0.1, 0.15) is 15.9 Å². The molecular weight excluding hydrogens is 341 g/mol. The number of anilines is 1. The van der Waals surface area contributed by atoms with E-state index in [9.17, 15) is 4.79 Å². The minimum absolute atomic E-state index is 0.268. The predicted molar refractivity (Wildman–Crippen MR) is 94.5 cm³/mol. The zero-order valence-corrected chi connectivity index (χ0v) is 13.9.